The van der Waals surface area contributed by atoms with Crippen molar-refractivity contribution >= 4 is 6.09 Å². The van der Waals surface area contributed by atoms with Gasteiger partial charge < -0.3 is 14.8 Å². The Morgan fingerprint density at radius 3 is 2.80 bits per heavy atom. The van der Waals surface area contributed by atoms with Gasteiger partial charge in [-0.05, 0) is 34.1 Å². The normalized spacial score (nSPS) is 11.4. The summed E-state index contributed by atoms with van der Waals surface area (Å²) in [7, 11) is 0. The highest BCUT2D eigenvalue weighted by Crippen LogP contribution is 2.12. The minimum absolute atomic E-state index is 0.126. The molecule has 0 aliphatic rings. The van der Waals surface area contributed by atoms with Crippen molar-refractivity contribution < 1.29 is 14.3 Å². The second-order valence-corrected chi connectivity index (χ2v) is 5.01. The van der Waals surface area contributed by atoms with Gasteiger partial charge in [-0.15, -0.1) is 5.10 Å². The van der Waals surface area contributed by atoms with Gasteiger partial charge in [-0.25, -0.2) is 4.79 Å². The van der Waals surface area contributed by atoms with Crippen LogP contribution in [0.4, 0.5) is 4.79 Å². The van der Waals surface area contributed by atoms with Crippen LogP contribution in [0.3, 0.4) is 0 Å². The van der Waals surface area contributed by atoms with Gasteiger partial charge in [0.05, 0.1) is 11.8 Å². The third kappa shape index (κ3) is 6.01. The van der Waals surface area contributed by atoms with Crippen molar-refractivity contribution in [2.45, 2.75) is 52.9 Å². The Bertz CT molecular complexity index is 418. The van der Waals surface area contributed by atoms with E-state index >= 15 is 0 Å². The molecule has 0 saturated heterocycles. The highest BCUT2D eigenvalue weighted by atomic mass is 16.5. The number of ether oxygens (including phenoxy) is 2. The Balaban J connectivity index is 2.20. The molecule has 1 aromatic rings. The van der Waals surface area contributed by atoms with Gasteiger partial charge in [0.15, 0.2) is 0 Å². The van der Waals surface area contributed by atoms with E-state index < -0.39 is 6.09 Å². The predicted octanol–water partition coefficient (Wildman–Crippen LogP) is 1.73. The van der Waals surface area contributed by atoms with Gasteiger partial charge in [-0.1, -0.05) is 5.21 Å². The first-order valence-electron chi connectivity index (χ1n) is 6.90. The smallest absolute Gasteiger partial charge is 0.407 e. The Kier molecular flexibility index (Phi) is 6.44. The lowest BCUT2D eigenvalue weighted by Gasteiger charge is -2.24. The number of nitrogens with zero attached hydrogens (tertiary/aromatic N) is 3. The fraction of sp³-hybridized carbons (Fsp3) is 0.769. The molecule has 0 saturated carbocycles. The van der Waals surface area contributed by atoms with Crippen LogP contribution in [-0.2, 0) is 22.6 Å². The summed E-state index contributed by atoms with van der Waals surface area (Å²) in [6, 6.07) is 0. The van der Waals surface area contributed by atoms with Crippen LogP contribution in [0.15, 0.2) is 6.20 Å². The summed E-state index contributed by atoms with van der Waals surface area (Å²) >= 11 is 0. The largest absolute Gasteiger partial charge is 0.443 e. The summed E-state index contributed by atoms with van der Waals surface area (Å²) < 4.78 is 12.3. The number of hydrogen-bond donors (Lipinski definition) is 1. The molecule has 0 atom stereocenters. The van der Waals surface area contributed by atoms with E-state index in [2.05, 4.69) is 15.6 Å². The molecule has 0 fully saturated rings. The number of aromatic nitrogens is 3. The third-order valence-corrected chi connectivity index (χ3v) is 2.79. The number of aryl methyl sites for hydroxylation is 1. The molecule has 0 unspecified atom stereocenters. The molecular formula is C13H24N4O3. The van der Waals surface area contributed by atoms with Crippen molar-refractivity contribution in [1.29, 1.82) is 0 Å². The van der Waals surface area contributed by atoms with Crippen LogP contribution in [0.5, 0.6) is 0 Å². The first kappa shape index (κ1) is 16.4. The number of nitrogens with one attached hydrogen (secondary N) is 1. The summed E-state index contributed by atoms with van der Waals surface area (Å²) in [4.78, 5) is 11.5. The third-order valence-electron chi connectivity index (χ3n) is 2.79. The lowest BCUT2D eigenvalue weighted by atomic mass is 10.1. The Morgan fingerprint density at radius 1 is 1.45 bits per heavy atom. The average Bonchev–Trinajstić information content (AvgIpc) is 2.84. The van der Waals surface area contributed by atoms with Gasteiger partial charge in [-0.2, -0.15) is 0 Å². The van der Waals surface area contributed by atoms with E-state index in [0.29, 0.717) is 18.8 Å². The molecule has 1 aromatic heterocycles. The Labute approximate surface area is 119 Å². The van der Waals surface area contributed by atoms with Gasteiger partial charge in [0.25, 0.3) is 0 Å². The van der Waals surface area contributed by atoms with Gasteiger partial charge in [0.2, 0.25) is 0 Å². The van der Waals surface area contributed by atoms with Crippen LogP contribution >= 0.6 is 0 Å². The van der Waals surface area contributed by atoms with Gasteiger partial charge in [-0.3, -0.25) is 4.68 Å². The molecule has 7 heteroatoms. The summed E-state index contributed by atoms with van der Waals surface area (Å²) in [6.45, 7) is 9.93. The van der Waals surface area contributed by atoms with E-state index in [0.717, 1.165) is 13.0 Å². The molecule has 1 rings (SSSR count). The number of carbonyl (C=O) groups is 1. The Hall–Kier alpha value is -1.63. The topological polar surface area (TPSA) is 78.3 Å². The quantitative estimate of drug-likeness (QED) is 0.786. The minimum Gasteiger partial charge on any atom is -0.443 e. The number of carbonyl (C=O) groups excluding carboxylic acids is 1. The zero-order valence-corrected chi connectivity index (χ0v) is 12.7. The van der Waals surface area contributed by atoms with Gasteiger partial charge in [0.1, 0.15) is 12.3 Å². The molecule has 20 heavy (non-hydrogen) atoms. The maximum atomic E-state index is 11.5. The van der Waals surface area contributed by atoms with E-state index in [9.17, 15) is 4.79 Å². The maximum absolute atomic E-state index is 11.5. The summed E-state index contributed by atoms with van der Waals surface area (Å²) in [5.41, 5.74) is 0.392. The van der Waals surface area contributed by atoms with Crippen molar-refractivity contribution in [3.8, 4) is 0 Å². The van der Waals surface area contributed by atoms with E-state index in [1.54, 1.807) is 10.9 Å². The lowest BCUT2D eigenvalue weighted by Crippen LogP contribution is -2.33. The van der Waals surface area contributed by atoms with Crippen LogP contribution in [-0.4, -0.2) is 39.8 Å². The lowest BCUT2D eigenvalue weighted by molar-refractivity contribution is -0.0155. The van der Waals surface area contributed by atoms with Crippen molar-refractivity contribution in [1.82, 2.24) is 20.3 Å². The van der Waals surface area contributed by atoms with Crippen molar-refractivity contribution in [3.63, 3.8) is 0 Å². The minimum atomic E-state index is -0.455. The molecule has 7 nitrogen and oxygen atoms in total. The molecule has 0 bridgehead atoms. The van der Waals surface area contributed by atoms with Crippen LogP contribution in [0.25, 0.3) is 0 Å². The number of hydrogen-bond acceptors (Lipinski definition) is 5. The molecule has 0 aromatic carbocycles. The number of rotatable bonds is 8. The SMILES string of the molecule is CCOC(C)(C)CCNC(=O)OCc1cn(CC)nn1. The molecule has 0 radical (unpaired) electrons. The van der Waals surface area contributed by atoms with Crippen LogP contribution in [0, 0.1) is 0 Å². The second-order valence-electron chi connectivity index (χ2n) is 5.01. The maximum Gasteiger partial charge on any atom is 0.407 e. The highest BCUT2D eigenvalue weighted by molar-refractivity contribution is 5.67. The van der Waals surface area contributed by atoms with Gasteiger partial charge >= 0.3 is 6.09 Å². The van der Waals surface area contributed by atoms with Crippen molar-refractivity contribution in [3.05, 3.63) is 11.9 Å². The molecule has 1 heterocycles. The molecule has 114 valence electrons. The van der Waals surface area contributed by atoms with Crippen molar-refractivity contribution in [2.75, 3.05) is 13.2 Å². The van der Waals surface area contributed by atoms with Crippen LogP contribution < -0.4 is 5.32 Å². The fourth-order valence-electron chi connectivity index (χ4n) is 1.68. The molecule has 0 aliphatic carbocycles. The van der Waals surface area contributed by atoms with Gasteiger partial charge in [0, 0.05) is 19.7 Å². The molecule has 0 aliphatic heterocycles. The summed E-state index contributed by atoms with van der Waals surface area (Å²) in [5.74, 6) is 0. The molecule has 0 spiro atoms. The van der Waals surface area contributed by atoms with Crippen molar-refractivity contribution in [2.24, 2.45) is 0 Å². The van der Waals surface area contributed by atoms with Crippen LogP contribution in [0.1, 0.15) is 39.8 Å². The fourth-order valence-corrected chi connectivity index (χ4v) is 1.68. The monoisotopic (exact) mass is 284 g/mol. The molecule has 1 N–H and O–H groups in total. The predicted molar refractivity (Wildman–Crippen MR) is 74.2 cm³/mol. The first-order valence-corrected chi connectivity index (χ1v) is 6.90. The first-order chi connectivity index (χ1) is 9.46. The second kappa shape index (κ2) is 7.84. The average molecular weight is 284 g/mol. The van der Waals surface area contributed by atoms with E-state index in [1.165, 1.54) is 0 Å². The van der Waals surface area contributed by atoms with E-state index in [4.69, 9.17) is 9.47 Å². The summed E-state index contributed by atoms with van der Waals surface area (Å²) in [6.07, 6.45) is 2.02. The number of alkyl carbamates (subject to hydrolysis) is 1. The van der Waals surface area contributed by atoms with E-state index in [-0.39, 0.29) is 12.2 Å². The van der Waals surface area contributed by atoms with Crippen LogP contribution in [0.2, 0.25) is 0 Å². The number of amides is 1. The molecule has 1 amide bonds. The standard InChI is InChI=1S/C13H24N4O3/c1-5-17-9-11(15-16-17)10-19-12(18)14-8-7-13(3,4)20-6-2/h9H,5-8,10H2,1-4H3,(H,14,18). The zero-order chi connectivity index (χ0) is 15.0. The Morgan fingerprint density at radius 2 is 2.20 bits per heavy atom. The highest BCUT2D eigenvalue weighted by Gasteiger charge is 2.17. The van der Waals surface area contributed by atoms with E-state index in [1.807, 2.05) is 27.7 Å². The molecular weight excluding hydrogens is 260 g/mol. The zero-order valence-electron chi connectivity index (χ0n) is 12.7. The summed E-state index contributed by atoms with van der Waals surface area (Å²) in [5, 5.41) is 10.4.